The third kappa shape index (κ3) is 2.96. The quantitative estimate of drug-likeness (QED) is 0.879. The molecule has 0 aromatic heterocycles. The van der Waals surface area contributed by atoms with E-state index in [1.54, 1.807) is 0 Å². The van der Waals surface area contributed by atoms with Crippen molar-refractivity contribution in [1.29, 1.82) is 0 Å². The summed E-state index contributed by atoms with van der Waals surface area (Å²) in [6, 6.07) is 8.76. The molecule has 1 atom stereocenters. The van der Waals surface area contributed by atoms with E-state index in [0.29, 0.717) is 12.6 Å². The predicted octanol–water partition coefficient (Wildman–Crippen LogP) is 1.85. The third-order valence-electron chi connectivity index (χ3n) is 3.89. The Hall–Kier alpha value is -1.39. The standard InChI is InChI=1S/C15H19NO3/c17-15(18)10-16(12-5-6-12)9-14-13-4-2-1-3-11(13)7-8-19-14/h1-4,12,14H,5-10H2,(H,17,18). The van der Waals surface area contributed by atoms with Crippen molar-refractivity contribution in [2.75, 3.05) is 19.7 Å². The van der Waals surface area contributed by atoms with E-state index in [2.05, 4.69) is 23.1 Å². The Morgan fingerprint density at radius 2 is 2.16 bits per heavy atom. The van der Waals surface area contributed by atoms with Gasteiger partial charge in [0.15, 0.2) is 0 Å². The van der Waals surface area contributed by atoms with Crippen molar-refractivity contribution in [2.45, 2.75) is 31.4 Å². The van der Waals surface area contributed by atoms with Gasteiger partial charge in [-0.15, -0.1) is 0 Å². The zero-order valence-corrected chi connectivity index (χ0v) is 10.9. The smallest absolute Gasteiger partial charge is 0.317 e. The summed E-state index contributed by atoms with van der Waals surface area (Å²) in [7, 11) is 0. The molecule has 1 aromatic rings. The predicted molar refractivity (Wildman–Crippen MR) is 71.1 cm³/mol. The molecule has 1 fully saturated rings. The van der Waals surface area contributed by atoms with Gasteiger partial charge in [0.05, 0.1) is 19.3 Å². The van der Waals surface area contributed by atoms with Crippen LogP contribution in [0.1, 0.15) is 30.1 Å². The molecule has 1 saturated carbocycles. The van der Waals surface area contributed by atoms with Gasteiger partial charge in [0.25, 0.3) is 0 Å². The van der Waals surface area contributed by atoms with Crippen LogP contribution in [0.4, 0.5) is 0 Å². The lowest BCUT2D eigenvalue weighted by Crippen LogP contribution is -2.37. The molecule has 3 rings (SSSR count). The van der Waals surface area contributed by atoms with Crippen LogP contribution in [0.15, 0.2) is 24.3 Å². The van der Waals surface area contributed by atoms with Crippen molar-refractivity contribution in [3.05, 3.63) is 35.4 Å². The van der Waals surface area contributed by atoms with Crippen LogP contribution < -0.4 is 0 Å². The first-order chi connectivity index (χ1) is 9.24. The maximum atomic E-state index is 10.9. The molecule has 1 heterocycles. The number of carboxylic acid groups (broad SMARTS) is 1. The summed E-state index contributed by atoms with van der Waals surface area (Å²) in [6.07, 6.45) is 3.20. The topological polar surface area (TPSA) is 49.8 Å². The average molecular weight is 261 g/mol. The Morgan fingerprint density at radius 3 is 2.89 bits per heavy atom. The Bertz CT molecular complexity index is 470. The molecule has 4 heteroatoms. The number of ether oxygens (including phenoxy) is 1. The van der Waals surface area contributed by atoms with Crippen LogP contribution in [0.2, 0.25) is 0 Å². The Morgan fingerprint density at radius 1 is 1.37 bits per heavy atom. The van der Waals surface area contributed by atoms with E-state index in [-0.39, 0.29) is 12.6 Å². The van der Waals surface area contributed by atoms with Crippen molar-refractivity contribution in [2.24, 2.45) is 0 Å². The lowest BCUT2D eigenvalue weighted by molar-refractivity contribution is -0.139. The highest BCUT2D eigenvalue weighted by Crippen LogP contribution is 2.32. The second-order valence-corrected chi connectivity index (χ2v) is 5.36. The van der Waals surface area contributed by atoms with Crippen LogP contribution in [0.3, 0.4) is 0 Å². The van der Waals surface area contributed by atoms with Crippen molar-refractivity contribution in [3.63, 3.8) is 0 Å². The van der Waals surface area contributed by atoms with Gasteiger partial charge >= 0.3 is 5.97 Å². The second kappa shape index (κ2) is 5.31. The van der Waals surface area contributed by atoms with Crippen LogP contribution in [-0.4, -0.2) is 41.7 Å². The van der Waals surface area contributed by atoms with Gasteiger partial charge in [-0.25, -0.2) is 0 Å². The fourth-order valence-corrected chi connectivity index (χ4v) is 2.80. The highest BCUT2D eigenvalue weighted by molar-refractivity contribution is 5.69. The molecule has 2 aliphatic rings. The van der Waals surface area contributed by atoms with Crippen LogP contribution >= 0.6 is 0 Å². The Balaban J connectivity index is 1.73. The number of carbonyl (C=O) groups is 1. The molecular formula is C15H19NO3. The molecule has 1 N–H and O–H groups in total. The molecule has 0 saturated heterocycles. The fraction of sp³-hybridized carbons (Fsp3) is 0.533. The molecule has 0 spiro atoms. The third-order valence-corrected chi connectivity index (χ3v) is 3.89. The molecule has 19 heavy (non-hydrogen) atoms. The minimum atomic E-state index is -0.754. The summed E-state index contributed by atoms with van der Waals surface area (Å²) in [5.41, 5.74) is 2.56. The van der Waals surface area contributed by atoms with Gasteiger partial charge in [0.2, 0.25) is 0 Å². The molecule has 0 bridgehead atoms. The lowest BCUT2D eigenvalue weighted by Gasteiger charge is -2.30. The largest absolute Gasteiger partial charge is 0.480 e. The van der Waals surface area contributed by atoms with E-state index >= 15 is 0 Å². The first-order valence-electron chi connectivity index (χ1n) is 6.89. The number of nitrogens with zero attached hydrogens (tertiary/aromatic N) is 1. The second-order valence-electron chi connectivity index (χ2n) is 5.36. The molecule has 1 aliphatic carbocycles. The van der Waals surface area contributed by atoms with E-state index in [1.807, 2.05) is 6.07 Å². The zero-order valence-electron chi connectivity index (χ0n) is 10.9. The van der Waals surface area contributed by atoms with Crippen molar-refractivity contribution >= 4 is 5.97 Å². The summed E-state index contributed by atoms with van der Waals surface area (Å²) in [5.74, 6) is -0.754. The van der Waals surface area contributed by atoms with E-state index in [0.717, 1.165) is 25.9 Å². The zero-order chi connectivity index (χ0) is 13.2. The number of aliphatic carboxylic acids is 1. The molecule has 4 nitrogen and oxygen atoms in total. The number of fused-ring (bicyclic) bond motifs is 1. The van der Waals surface area contributed by atoms with E-state index in [4.69, 9.17) is 9.84 Å². The maximum absolute atomic E-state index is 10.9. The van der Waals surface area contributed by atoms with Crippen molar-refractivity contribution < 1.29 is 14.6 Å². The normalized spacial score (nSPS) is 22.3. The van der Waals surface area contributed by atoms with Gasteiger partial charge in [-0.05, 0) is 30.4 Å². The minimum absolute atomic E-state index is 0.0184. The van der Waals surface area contributed by atoms with Gasteiger partial charge in [-0.2, -0.15) is 0 Å². The van der Waals surface area contributed by atoms with Gasteiger partial charge in [0.1, 0.15) is 0 Å². The Kier molecular flexibility index (Phi) is 3.53. The first kappa shape index (κ1) is 12.6. The van der Waals surface area contributed by atoms with E-state index in [9.17, 15) is 4.79 Å². The molecule has 1 unspecified atom stereocenters. The van der Waals surface area contributed by atoms with E-state index < -0.39 is 5.97 Å². The van der Waals surface area contributed by atoms with Gasteiger partial charge < -0.3 is 9.84 Å². The van der Waals surface area contributed by atoms with Crippen LogP contribution in [0.5, 0.6) is 0 Å². The number of benzene rings is 1. The van der Waals surface area contributed by atoms with Gasteiger partial charge in [0, 0.05) is 12.6 Å². The molecule has 1 aliphatic heterocycles. The monoisotopic (exact) mass is 261 g/mol. The van der Waals surface area contributed by atoms with Crippen LogP contribution in [-0.2, 0) is 16.0 Å². The van der Waals surface area contributed by atoms with Crippen LogP contribution in [0.25, 0.3) is 0 Å². The summed E-state index contributed by atoms with van der Waals surface area (Å²) < 4.78 is 5.86. The summed E-state index contributed by atoms with van der Waals surface area (Å²) in [6.45, 7) is 1.54. The first-order valence-corrected chi connectivity index (χ1v) is 6.89. The van der Waals surface area contributed by atoms with Crippen molar-refractivity contribution in [1.82, 2.24) is 4.90 Å². The minimum Gasteiger partial charge on any atom is -0.480 e. The summed E-state index contributed by atoms with van der Waals surface area (Å²) >= 11 is 0. The SMILES string of the molecule is O=C(O)CN(CC1OCCc2ccccc21)C1CC1. The van der Waals surface area contributed by atoms with Gasteiger partial charge in [-0.3, -0.25) is 9.69 Å². The Labute approximate surface area is 113 Å². The highest BCUT2D eigenvalue weighted by Gasteiger charge is 2.33. The molecule has 1 aromatic carbocycles. The van der Waals surface area contributed by atoms with Gasteiger partial charge in [-0.1, -0.05) is 24.3 Å². The van der Waals surface area contributed by atoms with Crippen molar-refractivity contribution in [3.8, 4) is 0 Å². The molecule has 102 valence electrons. The summed E-state index contributed by atoms with van der Waals surface area (Å²) in [4.78, 5) is 13.0. The number of carboxylic acids is 1. The molecular weight excluding hydrogens is 242 g/mol. The lowest BCUT2D eigenvalue weighted by atomic mass is 9.97. The summed E-state index contributed by atoms with van der Waals surface area (Å²) in [5, 5.41) is 9.00. The maximum Gasteiger partial charge on any atom is 0.317 e. The van der Waals surface area contributed by atoms with E-state index in [1.165, 1.54) is 11.1 Å². The molecule has 0 radical (unpaired) electrons. The number of hydrogen-bond acceptors (Lipinski definition) is 3. The van der Waals surface area contributed by atoms with Crippen LogP contribution in [0, 0.1) is 0 Å². The fourth-order valence-electron chi connectivity index (χ4n) is 2.80. The molecule has 0 amide bonds. The number of rotatable bonds is 5. The highest BCUT2D eigenvalue weighted by atomic mass is 16.5. The number of hydrogen-bond donors (Lipinski definition) is 1. The average Bonchev–Trinajstić information content (AvgIpc) is 3.22.